The predicted octanol–water partition coefficient (Wildman–Crippen LogP) is 4.00. The molecule has 0 bridgehead atoms. The summed E-state index contributed by atoms with van der Waals surface area (Å²) < 4.78 is 5.79. The molecule has 1 spiro atoms. The molecule has 35 heavy (non-hydrogen) atoms. The number of carboxylic acid groups (broad SMARTS) is 1. The van der Waals surface area contributed by atoms with Crippen LogP contribution >= 0.6 is 0 Å². The minimum atomic E-state index is -0.398. The maximum Gasteiger partial charge on any atom is 0.312 e. The molecule has 0 aliphatic carbocycles. The van der Waals surface area contributed by atoms with Crippen molar-refractivity contribution in [2.24, 2.45) is 5.41 Å². The fraction of sp³-hybridized carbons (Fsp3) is 0.464. The second-order valence-electron chi connectivity index (χ2n) is 9.87. The summed E-state index contributed by atoms with van der Waals surface area (Å²) in [7, 11) is 0. The summed E-state index contributed by atoms with van der Waals surface area (Å²) in [5, 5.41) is 6.89. The van der Waals surface area contributed by atoms with Crippen LogP contribution in [0.4, 0.5) is 0 Å². The van der Waals surface area contributed by atoms with Gasteiger partial charge in [-0.1, -0.05) is 42.0 Å². The fourth-order valence-electron chi connectivity index (χ4n) is 5.58. The van der Waals surface area contributed by atoms with Crippen molar-refractivity contribution in [1.29, 1.82) is 0 Å². The Morgan fingerprint density at radius 1 is 1.06 bits per heavy atom. The normalized spacial score (nSPS) is 21.3. The molecule has 2 aromatic rings. The lowest BCUT2D eigenvalue weighted by atomic mass is 9.76. The van der Waals surface area contributed by atoms with Gasteiger partial charge in [-0.3, -0.25) is 19.3 Å². The van der Waals surface area contributed by atoms with Crippen LogP contribution in [-0.2, 0) is 14.3 Å². The van der Waals surface area contributed by atoms with Gasteiger partial charge in [0.15, 0.2) is 0 Å². The zero-order valence-electron chi connectivity index (χ0n) is 20.3. The molecule has 1 N–H and O–H groups in total. The predicted molar refractivity (Wildman–Crippen MR) is 133 cm³/mol. The van der Waals surface area contributed by atoms with Gasteiger partial charge in [-0.15, -0.1) is 0 Å². The minimum absolute atomic E-state index is 0.00821. The first-order valence-corrected chi connectivity index (χ1v) is 12.4. The quantitative estimate of drug-likeness (QED) is 0.528. The number of piperidine rings is 1. The Hall–Kier alpha value is -3.19. The van der Waals surface area contributed by atoms with Gasteiger partial charge in [0.1, 0.15) is 6.10 Å². The molecule has 5 rings (SSSR count). The van der Waals surface area contributed by atoms with E-state index in [-0.39, 0.29) is 24.5 Å². The van der Waals surface area contributed by atoms with Gasteiger partial charge in [0.05, 0.1) is 5.41 Å². The summed E-state index contributed by atoms with van der Waals surface area (Å²) in [4.78, 5) is 38.7. The molecule has 0 saturated carbocycles. The number of hydrogen-bond acceptors (Lipinski definition) is 5. The summed E-state index contributed by atoms with van der Waals surface area (Å²) in [6.07, 6.45) is 4.70. The van der Waals surface area contributed by atoms with E-state index >= 15 is 0 Å². The molecule has 3 aliphatic heterocycles. The smallest absolute Gasteiger partial charge is 0.312 e. The van der Waals surface area contributed by atoms with Gasteiger partial charge in [0.2, 0.25) is 0 Å². The number of nitrogens with zero attached hydrogens (tertiary/aromatic N) is 2. The van der Waals surface area contributed by atoms with Crippen LogP contribution in [0.2, 0.25) is 0 Å². The van der Waals surface area contributed by atoms with Gasteiger partial charge >= 0.3 is 5.97 Å². The molecular formula is C28H34N2O5. The third-order valence-electron chi connectivity index (χ3n) is 7.45. The van der Waals surface area contributed by atoms with Crippen LogP contribution in [0.5, 0.6) is 0 Å². The number of cyclic esters (lactones) is 1. The zero-order valence-corrected chi connectivity index (χ0v) is 20.3. The lowest BCUT2D eigenvalue weighted by Gasteiger charge is -2.36. The van der Waals surface area contributed by atoms with Crippen LogP contribution in [0.15, 0.2) is 48.5 Å². The molecule has 0 radical (unpaired) electrons. The molecule has 0 aromatic heterocycles. The average molecular weight is 479 g/mol. The highest BCUT2D eigenvalue weighted by molar-refractivity contribution is 5.95. The monoisotopic (exact) mass is 478 g/mol. The highest BCUT2D eigenvalue weighted by Gasteiger charge is 2.51. The standard InChI is InChI=1S/C27H32N2O3.CH2O2/c1-20-6-4-7-21(16-20)22-8-5-9-23(17-22)25(30)29-14-10-27(11-15-29)18-24(32-26(27)31)19-28-12-2-3-13-28;2-1-3/h4-9,16-17,24H,2-3,10-15,18-19H2,1H3;1H,(H,2,3). The van der Waals surface area contributed by atoms with Crippen molar-refractivity contribution in [3.8, 4) is 11.1 Å². The van der Waals surface area contributed by atoms with Gasteiger partial charge in [0.25, 0.3) is 12.4 Å². The Bertz CT molecular complexity index is 1050. The number of carbonyl (C=O) groups is 3. The maximum absolute atomic E-state index is 13.2. The Morgan fingerprint density at radius 3 is 2.34 bits per heavy atom. The van der Waals surface area contributed by atoms with Crippen LogP contribution in [-0.4, -0.2) is 72.1 Å². The highest BCUT2D eigenvalue weighted by Crippen LogP contribution is 2.43. The molecule has 186 valence electrons. The van der Waals surface area contributed by atoms with E-state index in [0.717, 1.165) is 37.2 Å². The summed E-state index contributed by atoms with van der Waals surface area (Å²) in [5.74, 6) is 0.00424. The van der Waals surface area contributed by atoms with Gasteiger partial charge in [-0.05, 0) is 69.0 Å². The number of esters is 1. The second kappa shape index (κ2) is 11.0. The summed E-state index contributed by atoms with van der Waals surface area (Å²) in [5.41, 5.74) is 3.69. The van der Waals surface area contributed by atoms with E-state index in [2.05, 4.69) is 30.0 Å². The van der Waals surface area contributed by atoms with E-state index in [4.69, 9.17) is 14.6 Å². The number of carbonyl (C=O) groups excluding carboxylic acids is 2. The van der Waals surface area contributed by atoms with E-state index in [1.54, 1.807) is 0 Å². The van der Waals surface area contributed by atoms with Crippen LogP contribution in [0.25, 0.3) is 11.1 Å². The average Bonchev–Trinajstić information content (AvgIpc) is 3.47. The molecule has 3 saturated heterocycles. The van der Waals surface area contributed by atoms with Crippen molar-refractivity contribution >= 4 is 18.3 Å². The summed E-state index contributed by atoms with van der Waals surface area (Å²) in [6.45, 7) is 6.14. The van der Waals surface area contributed by atoms with E-state index < -0.39 is 5.41 Å². The number of hydrogen-bond donors (Lipinski definition) is 1. The van der Waals surface area contributed by atoms with Gasteiger partial charge in [-0.2, -0.15) is 0 Å². The van der Waals surface area contributed by atoms with Crippen molar-refractivity contribution in [1.82, 2.24) is 9.80 Å². The molecule has 1 unspecified atom stereocenters. The molecule has 1 atom stereocenters. The van der Waals surface area contributed by atoms with E-state index in [1.807, 2.05) is 35.2 Å². The van der Waals surface area contributed by atoms with Gasteiger partial charge in [0, 0.05) is 31.6 Å². The number of ether oxygens (including phenoxy) is 1. The molecule has 3 fully saturated rings. The van der Waals surface area contributed by atoms with E-state index in [1.165, 1.54) is 18.4 Å². The second-order valence-corrected chi connectivity index (χ2v) is 9.87. The first-order valence-electron chi connectivity index (χ1n) is 12.4. The van der Waals surface area contributed by atoms with Crippen LogP contribution in [0.1, 0.15) is 48.0 Å². The van der Waals surface area contributed by atoms with E-state index in [9.17, 15) is 9.59 Å². The van der Waals surface area contributed by atoms with Gasteiger partial charge in [-0.25, -0.2) is 0 Å². The van der Waals surface area contributed by atoms with Crippen molar-refractivity contribution in [2.75, 3.05) is 32.7 Å². The van der Waals surface area contributed by atoms with Crippen LogP contribution < -0.4 is 0 Å². The molecule has 2 aromatic carbocycles. The number of benzene rings is 2. The molecular weight excluding hydrogens is 444 g/mol. The lowest BCUT2D eigenvalue weighted by molar-refractivity contribution is -0.151. The Labute approximate surface area is 206 Å². The first-order chi connectivity index (χ1) is 16.9. The largest absolute Gasteiger partial charge is 0.483 e. The van der Waals surface area contributed by atoms with E-state index in [0.29, 0.717) is 31.5 Å². The zero-order chi connectivity index (χ0) is 24.8. The topological polar surface area (TPSA) is 87.2 Å². The molecule has 1 amide bonds. The fourth-order valence-corrected chi connectivity index (χ4v) is 5.58. The Kier molecular flexibility index (Phi) is 7.86. The van der Waals surface area contributed by atoms with Crippen LogP contribution in [0, 0.1) is 12.3 Å². The minimum Gasteiger partial charge on any atom is -0.483 e. The lowest BCUT2D eigenvalue weighted by Crippen LogP contribution is -2.45. The molecule has 3 aliphatic rings. The third-order valence-corrected chi connectivity index (χ3v) is 7.45. The maximum atomic E-state index is 13.2. The van der Waals surface area contributed by atoms with Gasteiger partial charge < -0.3 is 14.7 Å². The number of aryl methyl sites for hydroxylation is 1. The number of rotatable bonds is 4. The SMILES string of the molecule is Cc1cccc(-c2cccc(C(=O)N3CCC4(CC3)CC(CN3CCCC3)OC4=O)c2)c1.O=CO. The summed E-state index contributed by atoms with van der Waals surface area (Å²) >= 11 is 0. The molecule has 7 nitrogen and oxygen atoms in total. The highest BCUT2D eigenvalue weighted by atomic mass is 16.6. The molecule has 3 heterocycles. The Morgan fingerprint density at radius 2 is 1.69 bits per heavy atom. The molecule has 7 heteroatoms. The Balaban J connectivity index is 0.000000917. The van der Waals surface area contributed by atoms with Crippen molar-refractivity contribution in [2.45, 2.75) is 45.1 Å². The van der Waals surface area contributed by atoms with Crippen molar-refractivity contribution in [3.63, 3.8) is 0 Å². The summed E-state index contributed by atoms with van der Waals surface area (Å²) in [6, 6.07) is 16.2. The first kappa shape index (κ1) is 24.9. The number of amides is 1. The van der Waals surface area contributed by atoms with Crippen molar-refractivity contribution in [3.05, 3.63) is 59.7 Å². The van der Waals surface area contributed by atoms with Crippen molar-refractivity contribution < 1.29 is 24.2 Å². The number of likely N-dealkylation sites (tertiary alicyclic amines) is 2. The van der Waals surface area contributed by atoms with Crippen LogP contribution in [0.3, 0.4) is 0 Å². The third kappa shape index (κ3) is 5.73.